The molecule has 0 aliphatic carbocycles. The van der Waals surface area contributed by atoms with Crippen molar-refractivity contribution in [2.24, 2.45) is 0 Å². The number of hydrogen-bond donors (Lipinski definition) is 1. The number of anilines is 1. The summed E-state index contributed by atoms with van der Waals surface area (Å²) in [6.07, 6.45) is 0. The molecule has 27 heavy (non-hydrogen) atoms. The second-order valence-corrected chi connectivity index (χ2v) is 8.66. The minimum Gasteiger partial charge on any atom is -0.486 e. The van der Waals surface area contributed by atoms with E-state index in [1.807, 2.05) is 13.8 Å². The molecule has 0 saturated heterocycles. The van der Waals surface area contributed by atoms with E-state index in [0.717, 1.165) is 15.4 Å². The first-order valence-corrected chi connectivity index (χ1v) is 9.89. The minimum atomic E-state index is -3.61. The van der Waals surface area contributed by atoms with E-state index in [-0.39, 0.29) is 10.8 Å². The second kappa shape index (κ2) is 7.21. The van der Waals surface area contributed by atoms with Gasteiger partial charge in [0.1, 0.15) is 13.2 Å². The number of ether oxygens (including phenoxy) is 2. The van der Waals surface area contributed by atoms with E-state index in [1.54, 1.807) is 24.3 Å². The topological polar surface area (TPSA) is 84.9 Å². The normalized spacial score (nSPS) is 13.5. The van der Waals surface area contributed by atoms with E-state index in [2.05, 4.69) is 5.32 Å². The number of nitrogens with zero attached hydrogens (tertiary/aromatic N) is 1. The van der Waals surface area contributed by atoms with Crippen molar-refractivity contribution in [3.8, 4) is 11.5 Å². The van der Waals surface area contributed by atoms with Crippen LogP contribution >= 0.6 is 0 Å². The van der Waals surface area contributed by atoms with Gasteiger partial charge in [-0.3, -0.25) is 4.79 Å². The number of aryl methyl sites for hydroxylation is 1. The second-order valence-electron chi connectivity index (χ2n) is 6.51. The van der Waals surface area contributed by atoms with Gasteiger partial charge in [0.05, 0.1) is 4.90 Å². The van der Waals surface area contributed by atoms with Gasteiger partial charge in [-0.25, -0.2) is 12.7 Å². The van der Waals surface area contributed by atoms with Crippen LogP contribution in [-0.4, -0.2) is 45.9 Å². The van der Waals surface area contributed by atoms with E-state index in [1.165, 1.54) is 20.2 Å². The molecule has 8 heteroatoms. The molecule has 3 rings (SSSR count). The van der Waals surface area contributed by atoms with Gasteiger partial charge in [-0.1, -0.05) is 0 Å². The zero-order chi connectivity index (χ0) is 19.8. The molecule has 7 nitrogen and oxygen atoms in total. The lowest BCUT2D eigenvalue weighted by molar-refractivity contribution is 0.102. The first-order valence-electron chi connectivity index (χ1n) is 8.45. The molecule has 0 aromatic heterocycles. The zero-order valence-electron chi connectivity index (χ0n) is 15.7. The largest absolute Gasteiger partial charge is 0.486 e. The predicted octanol–water partition coefficient (Wildman–Crippen LogP) is 2.58. The lowest BCUT2D eigenvalue weighted by atomic mass is 10.1. The molecule has 0 unspecified atom stereocenters. The van der Waals surface area contributed by atoms with Crippen LogP contribution in [0.1, 0.15) is 21.5 Å². The van der Waals surface area contributed by atoms with Gasteiger partial charge in [0, 0.05) is 25.3 Å². The van der Waals surface area contributed by atoms with Crippen LogP contribution in [0, 0.1) is 13.8 Å². The molecule has 1 aliphatic heterocycles. The van der Waals surface area contributed by atoms with Crippen molar-refractivity contribution < 1.29 is 22.7 Å². The van der Waals surface area contributed by atoms with Gasteiger partial charge >= 0.3 is 0 Å². The van der Waals surface area contributed by atoms with Gasteiger partial charge in [0.2, 0.25) is 10.0 Å². The number of sulfonamides is 1. The molecular formula is C19H22N2O5S. The highest BCUT2D eigenvalue weighted by Crippen LogP contribution is 2.31. The van der Waals surface area contributed by atoms with Crippen molar-refractivity contribution in [2.45, 2.75) is 18.7 Å². The molecule has 0 fully saturated rings. The summed E-state index contributed by atoms with van der Waals surface area (Å²) >= 11 is 0. The van der Waals surface area contributed by atoms with Crippen molar-refractivity contribution in [3.05, 3.63) is 47.0 Å². The van der Waals surface area contributed by atoms with Gasteiger partial charge in [-0.15, -0.1) is 0 Å². The molecule has 1 amide bonds. The smallest absolute Gasteiger partial charge is 0.255 e. The molecule has 1 aliphatic rings. The van der Waals surface area contributed by atoms with Gasteiger partial charge in [0.15, 0.2) is 11.5 Å². The Balaban J connectivity index is 1.93. The number of fused-ring (bicyclic) bond motifs is 1. The quantitative estimate of drug-likeness (QED) is 0.867. The number of benzene rings is 2. The van der Waals surface area contributed by atoms with Crippen LogP contribution in [0.3, 0.4) is 0 Å². The summed E-state index contributed by atoms with van der Waals surface area (Å²) in [6, 6.07) is 8.03. The maximum atomic E-state index is 12.7. The molecule has 2 aromatic rings. The van der Waals surface area contributed by atoms with E-state index in [4.69, 9.17) is 9.47 Å². The number of hydrogen-bond acceptors (Lipinski definition) is 5. The summed E-state index contributed by atoms with van der Waals surface area (Å²) < 4.78 is 37.0. The molecule has 0 saturated carbocycles. The van der Waals surface area contributed by atoms with Gasteiger partial charge in [-0.2, -0.15) is 0 Å². The number of nitrogens with one attached hydrogen (secondary N) is 1. The molecule has 0 radical (unpaired) electrons. The highest BCUT2D eigenvalue weighted by Gasteiger charge is 2.21. The Hall–Kier alpha value is -2.58. The van der Waals surface area contributed by atoms with Gasteiger partial charge < -0.3 is 14.8 Å². The summed E-state index contributed by atoms with van der Waals surface area (Å²) in [5.41, 5.74) is 2.43. The molecule has 2 aromatic carbocycles. The summed E-state index contributed by atoms with van der Waals surface area (Å²) in [6.45, 7) is 4.55. The van der Waals surface area contributed by atoms with E-state index in [9.17, 15) is 13.2 Å². The monoisotopic (exact) mass is 390 g/mol. The fourth-order valence-electron chi connectivity index (χ4n) is 2.69. The van der Waals surface area contributed by atoms with Crippen molar-refractivity contribution >= 4 is 21.6 Å². The maximum absolute atomic E-state index is 12.7. The Labute approximate surface area is 158 Å². The van der Waals surface area contributed by atoms with Crippen LogP contribution in [0.4, 0.5) is 5.69 Å². The van der Waals surface area contributed by atoms with Crippen LogP contribution in [0.2, 0.25) is 0 Å². The number of carbonyl (C=O) groups is 1. The first-order chi connectivity index (χ1) is 12.7. The first kappa shape index (κ1) is 19.2. The Morgan fingerprint density at radius 3 is 2.37 bits per heavy atom. The summed E-state index contributed by atoms with van der Waals surface area (Å²) in [5, 5.41) is 2.81. The molecule has 1 N–H and O–H groups in total. The van der Waals surface area contributed by atoms with Crippen LogP contribution in [-0.2, 0) is 10.0 Å². The van der Waals surface area contributed by atoms with E-state index in [0.29, 0.717) is 36.0 Å². The summed E-state index contributed by atoms with van der Waals surface area (Å²) in [7, 11) is -0.665. The maximum Gasteiger partial charge on any atom is 0.255 e. The zero-order valence-corrected chi connectivity index (χ0v) is 16.5. The van der Waals surface area contributed by atoms with Crippen LogP contribution < -0.4 is 14.8 Å². The lowest BCUT2D eigenvalue weighted by Gasteiger charge is -2.19. The van der Waals surface area contributed by atoms with Crippen LogP contribution in [0.15, 0.2) is 35.2 Å². The van der Waals surface area contributed by atoms with Gasteiger partial charge in [0.25, 0.3) is 5.91 Å². The summed E-state index contributed by atoms with van der Waals surface area (Å²) in [4.78, 5) is 12.8. The third-order valence-corrected chi connectivity index (χ3v) is 6.26. The van der Waals surface area contributed by atoms with Crippen molar-refractivity contribution in [3.63, 3.8) is 0 Å². The summed E-state index contributed by atoms with van der Waals surface area (Å²) in [5.74, 6) is 0.767. The predicted molar refractivity (Wildman–Crippen MR) is 102 cm³/mol. The van der Waals surface area contributed by atoms with Crippen LogP contribution in [0.25, 0.3) is 0 Å². The molecular weight excluding hydrogens is 368 g/mol. The minimum absolute atomic E-state index is 0.132. The molecule has 0 atom stereocenters. The number of rotatable bonds is 4. The molecule has 1 heterocycles. The fourth-order valence-corrected chi connectivity index (χ4v) is 3.71. The Morgan fingerprint density at radius 2 is 1.70 bits per heavy atom. The van der Waals surface area contributed by atoms with E-state index < -0.39 is 10.0 Å². The Kier molecular flexibility index (Phi) is 5.12. The number of amides is 1. The average Bonchev–Trinajstić information content (AvgIpc) is 2.64. The molecule has 0 spiro atoms. The Morgan fingerprint density at radius 1 is 1.04 bits per heavy atom. The van der Waals surface area contributed by atoms with Crippen molar-refractivity contribution in [1.82, 2.24) is 4.31 Å². The highest BCUT2D eigenvalue weighted by molar-refractivity contribution is 7.89. The van der Waals surface area contributed by atoms with Crippen LogP contribution in [0.5, 0.6) is 11.5 Å². The third-order valence-electron chi connectivity index (χ3n) is 4.47. The van der Waals surface area contributed by atoms with Gasteiger partial charge in [-0.05, 0) is 55.3 Å². The standard InChI is InChI=1S/C19H22N2O5S/c1-12-9-15(27(23,24)21(3)4)11-16(13(12)2)20-19(22)14-5-6-17-18(10-14)26-8-7-25-17/h5-6,9-11H,7-8H2,1-4H3,(H,20,22). The molecule has 0 bridgehead atoms. The Bertz CT molecular complexity index is 999. The SMILES string of the molecule is Cc1cc(S(=O)(=O)N(C)C)cc(NC(=O)c2ccc3c(c2)OCCO3)c1C. The molecule has 144 valence electrons. The van der Waals surface area contributed by atoms with E-state index >= 15 is 0 Å². The number of carbonyl (C=O) groups excluding carboxylic acids is 1. The van der Waals surface area contributed by atoms with Crippen molar-refractivity contribution in [2.75, 3.05) is 32.6 Å². The fraction of sp³-hybridized carbons (Fsp3) is 0.316. The highest BCUT2D eigenvalue weighted by atomic mass is 32.2. The van der Waals surface area contributed by atoms with Crippen molar-refractivity contribution in [1.29, 1.82) is 0 Å². The third kappa shape index (κ3) is 3.77. The lowest BCUT2D eigenvalue weighted by Crippen LogP contribution is -2.23. The average molecular weight is 390 g/mol.